The van der Waals surface area contributed by atoms with Gasteiger partial charge in [0, 0.05) is 26.2 Å². The van der Waals surface area contributed by atoms with E-state index in [4.69, 9.17) is 0 Å². The van der Waals surface area contributed by atoms with Crippen LogP contribution in [0.4, 0.5) is 0 Å². The van der Waals surface area contributed by atoms with Gasteiger partial charge in [-0.05, 0) is 37.5 Å². The molecule has 1 unspecified atom stereocenters. The first kappa shape index (κ1) is 16.5. The highest BCUT2D eigenvalue weighted by Crippen LogP contribution is 2.22. The van der Waals surface area contributed by atoms with E-state index in [1.807, 2.05) is 12.1 Å². The van der Waals surface area contributed by atoms with Crippen molar-refractivity contribution in [2.45, 2.75) is 56.0 Å². The largest absolute Gasteiger partial charge is 0.307 e. The summed E-state index contributed by atoms with van der Waals surface area (Å²) in [7, 11) is -0.229. The van der Waals surface area contributed by atoms with Crippen LogP contribution >= 0.6 is 0 Å². The van der Waals surface area contributed by atoms with Crippen LogP contribution in [0.15, 0.2) is 29.2 Å². The second-order valence-corrected chi connectivity index (χ2v) is 8.23. The van der Waals surface area contributed by atoms with Gasteiger partial charge < -0.3 is 5.32 Å². The fraction of sp³-hybridized carbons (Fsp3) is 0.625. The average Bonchev–Trinajstić information content (AvgIpc) is 2.48. The molecule has 0 heterocycles. The molecule has 1 N–H and O–H groups in total. The van der Waals surface area contributed by atoms with E-state index in [2.05, 4.69) is 12.2 Å². The SMILES string of the molecule is CC(NC1CCCCC1)c1ccc(S(=O)(=O)N(C)C)cc1. The maximum absolute atomic E-state index is 12.0. The van der Waals surface area contributed by atoms with E-state index in [0.717, 1.165) is 5.56 Å². The van der Waals surface area contributed by atoms with E-state index in [-0.39, 0.29) is 6.04 Å². The molecule has 21 heavy (non-hydrogen) atoms. The molecule has 0 spiro atoms. The van der Waals surface area contributed by atoms with Gasteiger partial charge in [0.25, 0.3) is 0 Å². The van der Waals surface area contributed by atoms with Gasteiger partial charge in [0.1, 0.15) is 0 Å². The second kappa shape index (κ2) is 6.90. The molecule has 4 nitrogen and oxygen atoms in total. The van der Waals surface area contributed by atoms with Crippen molar-refractivity contribution in [3.8, 4) is 0 Å². The first-order chi connectivity index (χ1) is 9.91. The zero-order valence-electron chi connectivity index (χ0n) is 13.2. The summed E-state index contributed by atoms with van der Waals surface area (Å²) in [6, 6.07) is 8.07. The maximum atomic E-state index is 12.0. The lowest BCUT2D eigenvalue weighted by atomic mass is 9.94. The minimum Gasteiger partial charge on any atom is -0.307 e. The van der Waals surface area contributed by atoms with Crippen LogP contribution in [0.2, 0.25) is 0 Å². The summed E-state index contributed by atoms with van der Waals surface area (Å²) in [6.45, 7) is 2.14. The summed E-state index contributed by atoms with van der Waals surface area (Å²) < 4.78 is 25.3. The summed E-state index contributed by atoms with van der Waals surface area (Å²) in [5.74, 6) is 0. The van der Waals surface area contributed by atoms with Gasteiger partial charge in [0.2, 0.25) is 10.0 Å². The van der Waals surface area contributed by atoms with Crippen LogP contribution in [-0.2, 0) is 10.0 Å². The van der Waals surface area contributed by atoms with Crippen molar-refractivity contribution in [1.82, 2.24) is 9.62 Å². The van der Waals surface area contributed by atoms with Crippen LogP contribution in [0.1, 0.15) is 50.6 Å². The van der Waals surface area contributed by atoms with Crippen LogP contribution in [-0.4, -0.2) is 32.9 Å². The third-order valence-electron chi connectivity index (χ3n) is 4.25. The Bertz CT molecular complexity index is 546. The third-order valence-corrected chi connectivity index (χ3v) is 6.08. The van der Waals surface area contributed by atoms with Crippen LogP contribution in [0.5, 0.6) is 0 Å². The predicted molar refractivity (Wildman–Crippen MR) is 85.7 cm³/mol. The Morgan fingerprint density at radius 2 is 1.67 bits per heavy atom. The summed E-state index contributed by atoms with van der Waals surface area (Å²) >= 11 is 0. The lowest BCUT2D eigenvalue weighted by molar-refractivity contribution is 0.347. The second-order valence-electron chi connectivity index (χ2n) is 6.08. The monoisotopic (exact) mass is 310 g/mol. The highest BCUT2D eigenvalue weighted by Gasteiger charge is 2.19. The van der Waals surface area contributed by atoms with E-state index >= 15 is 0 Å². The minimum absolute atomic E-state index is 0.254. The summed E-state index contributed by atoms with van der Waals surface area (Å²) in [5.41, 5.74) is 1.14. The van der Waals surface area contributed by atoms with Gasteiger partial charge in [0.05, 0.1) is 4.90 Å². The third kappa shape index (κ3) is 4.05. The Morgan fingerprint density at radius 1 is 1.10 bits per heavy atom. The molecule has 0 aromatic heterocycles. The fourth-order valence-corrected chi connectivity index (χ4v) is 3.76. The lowest BCUT2D eigenvalue weighted by Crippen LogP contribution is -2.33. The van der Waals surface area contributed by atoms with Gasteiger partial charge in [-0.2, -0.15) is 0 Å². The molecule has 1 saturated carbocycles. The van der Waals surface area contributed by atoms with Crippen molar-refractivity contribution in [3.63, 3.8) is 0 Å². The van der Waals surface area contributed by atoms with Crippen molar-refractivity contribution in [2.75, 3.05) is 14.1 Å². The maximum Gasteiger partial charge on any atom is 0.242 e. The molecular weight excluding hydrogens is 284 g/mol. The molecule has 1 aromatic rings. The molecule has 118 valence electrons. The van der Waals surface area contributed by atoms with E-state index in [9.17, 15) is 8.42 Å². The van der Waals surface area contributed by atoms with E-state index in [1.54, 1.807) is 26.2 Å². The summed E-state index contributed by atoms with van der Waals surface area (Å²) in [5, 5.41) is 3.66. The van der Waals surface area contributed by atoms with Gasteiger partial charge in [0.15, 0.2) is 0 Å². The Balaban J connectivity index is 2.04. The molecule has 0 amide bonds. The van der Waals surface area contributed by atoms with E-state index in [0.29, 0.717) is 10.9 Å². The quantitative estimate of drug-likeness (QED) is 0.909. The van der Waals surface area contributed by atoms with Gasteiger partial charge >= 0.3 is 0 Å². The molecule has 1 aliphatic rings. The molecule has 1 aromatic carbocycles. The van der Waals surface area contributed by atoms with Crippen molar-refractivity contribution in [1.29, 1.82) is 0 Å². The molecule has 0 saturated heterocycles. The number of rotatable bonds is 5. The fourth-order valence-electron chi connectivity index (χ4n) is 2.86. The molecule has 0 aliphatic heterocycles. The molecule has 2 rings (SSSR count). The zero-order valence-corrected chi connectivity index (χ0v) is 14.0. The number of benzene rings is 1. The van der Waals surface area contributed by atoms with Crippen molar-refractivity contribution < 1.29 is 8.42 Å². The van der Waals surface area contributed by atoms with Crippen molar-refractivity contribution in [2.24, 2.45) is 0 Å². The Morgan fingerprint density at radius 3 is 2.19 bits per heavy atom. The summed E-state index contributed by atoms with van der Waals surface area (Å²) in [6.07, 6.45) is 6.47. The highest BCUT2D eigenvalue weighted by molar-refractivity contribution is 7.89. The molecule has 1 atom stereocenters. The standard InChI is InChI=1S/C16H26N2O2S/c1-13(17-15-7-5-4-6-8-15)14-9-11-16(12-10-14)21(19,20)18(2)3/h9-13,15,17H,4-8H2,1-3H3. The number of sulfonamides is 1. The Labute approximate surface area is 128 Å². The average molecular weight is 310 g/mol. The van der Waals surface area contributed by atoms with E-state index < -0.39 is 10.0 Å². The van der Waals surface area contributed by atoms with Crippen LogP contribution < -0.4 is 5.32 Å². The predicted octanol–water partition coefficient (Wildman–Crippen LogP) is 2.92. The van der Waals surface area contributed by atoms with Crippen molar-refractivity contribution in [3.05, 3.63) is 29.8 Å². The van der Waals surface area contributed by atoms with Crippen LogP contribution in [0, 0.1) is 0 Å². The van der Waals surface area contributed by atoms with Gasteiger partial charge in [-0.3, -0.25) is 0 Å². The summed E-state index contributed by atoms with van der Waals surface area (Å²) in [4.78, 5) is 0.348. The van der Waals surface area contributed by atoms with Gasteiger partial charge in [-0.25, -0.2) is 12.7 Å². The van der Waals surface area contributed by atoms with Crippen molar-refractivity contribution >= 4 is 10.0 Å². The number of nitrogens with zero attached hydrogens (tertiary/aromatic N) is 1. The molecule has 5 heteroatoms. The minimum atomic E-state index is -3.33. The highest BCUT2D eigenvalue weighted by atomic mass is 32.2. The molecule has 0 bridgehead atoms. The Kier molecular flexibility index (Phi) is 5.41. The van der Waals surface area contributed by atoms with E-state index in [1.165, 1.54) is 36.4 Å². The molecular formula is C16H26N2O2S. The first-order valence-corrected chi connectivity index (χ1v) is 9.14. The first-order valence-electron chi connectivity index (χ1n) is 7.70. The number of nitrogens with one attached hydrogen (secondary N) is 1. The zero-order chi connectivity index (χ0) is 15.5. The lowest BCUT2D eigenvalue weighted by Gasteiger charge is -2.27. The van der Waals surface area contributed by atoms with Crippen LogP contribution in [0.25, 0.3) is 0 Å². The molecule has 1 aliphatic carbocycles. The van der Waals surface area contributed by atoms with Gasteiger partial charge in [-0.1, -0.05) is 31.4 Å². The normalized spacial score (nSPS) is 18.9. The smallest absolute Gasteiger partial charge is 0.242 e. The van der Waals surface area contributed by atoms with Crippen LogP contribution in [0.3, 0.4) is 0 Å². The topological polar surface area (TPSA) is 49.4 Å². The Hall–Kier alpha value is -0.910. The molecule has 0 radical (unpaired) electrons. The number of hydrogen-bond acceptors (Lipinski definition) is 3. The molecule has 1 fully saturated rings. The number of hydrogen-bond donors (Lipinski definition) is 1. The van der Waals surface area contributed by atoms with Gasteiger partial charge in [-0.15, -0.1) is 0 Å².